The molecular formula is C37H32O6. The predicted octanol–water partition coefficient (Wildman–Crippen LogP) is 7.66. The Labute approximate surface area is 251 Å². The number of carboxylic acid groups (broad SMARTS) is 1. The topological polar surface area (TPSA) is 74.2 Å². The van der Waals surface area contributed by atoms with Crippen LogP contribution in [0.25, 0.3) is 22.3 Å². The fraction of sp³-hybridized carbons (Fsp3) is 0.162. The van der Waals surface area contributed by atoms with Crippen LogP contribution < -0.4 is 9.47 Å². The van der Waals surface area contributed by atoms with Gasteiger partial charge < -0.3 is 24.1 Å². The highest BCUT2D eigenvalue weighted by Gasteiger charge is 2.34. The van der Waals surface area contributed by atoms with Gasteiger partial charge >= 0.3 is 5.97 Å². The Bertz CT molecular complexity index is 1650. The van der Waals surface area contributed by atoms with Crippen molar-refractivity contribution in [1.82, 2.24) is 0 Å². The highest BCUT2D eigenvalue weighted by Crippen LogP contribution is 2.47. The van der Waals surface area contributed by atoms with E-state index in [1.165, 1.54) is 0 Å². The molecule has 5 aromatic rings. The van der Waals surface area contributed by atoms with Gasteiger partial charge in [0.25, 0.3) is 0 Å². The number of aromatic carboxylic acids is 1. The third kappa shape index (κ3) is 6.61. The molecule has 0 amide bonds. The van der Waals surface area contributed by atoms with Gasteiger partial charge in [0.15, 0.2) is 12.2 Å². The Hall–Kier alpha value is -4.91. The lowest BCUT2D eigenvalue weighted by atomic mass is 9.89. The van der Waals surface area contributed by atoms with Crippen molar-refractivity contribution in [2.75, 3.05) is 13.2 Å². The zero-order valence-corrected chi connectivity index (χ0v) is 23.6. The first kappa shape index (κ1) is 28.2. The van der Waals surface area contributed by atoms with Gasteiger partial charge in [0.2, 0.25) is 0 Å². The first-order valence-electron chi connectivity index (χ1n) is 14.3. The summed E-state index contributed by atoms with van der Waals surface area (Å²) in [6.45, 7) is 1.25. The summed E-state index contributed by atoms with van der Waals surface area (Å²) in [7, 11) is 0. The standard InChI is InChI=1S/C37H32O6/c38-37(39)30-19-11-21-32-36(30)35-29(28-16-8-3-9-17-28)18-10-20-31(35)42-33(24-40-22-26-12-4-1-5-13-26)34(43-32)25-41-23-27-14-6-2-7-15-27/h1-21,33-34H,22-25H2,(H,38,39)/t33-,34-/m1/s1. The predicted molar refractivity (Wildman–Crippen MR) is 165 cm³/mol. The van der Waals surface area contributed by atoms with Crippen molar-refractivity contribution in [3.63, 3.8) is 0 Å². The minimum Gasteiger partial charge on any atom is -0.483 e. The summed E-state index contributed by atoms with van der Waals surface area (Å²) in [5.74, 6) is -0.0374. The SMILES string of the molecule is O=C(O)c1cccc2c1-c1c(cccc1-c1ccccc1)O[C@H](COCc1ccccc1)[C@@H](COCc1ccccc1)O2. The third-order valence-electron chi connectivity index (χ3n) is 7.38. The van der Waals surface area contributed by atoms with Gasteiger partial charge in [-0.3, -0.25) is 0 Å². The molecule has 0 spiro atoms. The number of rotatable bonds is 10. The van der Waals surface area contributed by atoms with Crippen LogP contribution in [-0.2, 0) is 22.7 Å². The normalized spacial score (nSPS) is 15.6. The number of carboxylic acids is 1. The van der Waals surface area contributed by atoms with E-state index in [1.807, 2.05) is 115 Å². The highest BCUT2D eigenvalue weighted by atomic mass is 16.6. The molecule has 0 saturated carbocycles. The van der Waals surface area contributed by atoms with Crippen LogP contribution in [0.15, 0.2) is 127 Å². The van der Waals surface area contributed by atoms with E-state index in [4.69, 9.17) is 18.9 Å². The average molecular weight is 573 g/mol. The maximum absolute atomic E-state index is 12.5. The second-order valence-electron chi connectivity index (χ2n) is 10.3. The van der Waals surface area contributed by atoms with Crippen LogP contribution in [-0.4, -0.2) is 36.5 Å². The number of hydrogen-bond donors (Lipinski definition) is 1. The van der Waals surface area contributed by atoms with Gasteiger partial charge in [-0.2, -0.15) is 0 Å². The van der Waals surface area contributed by atoms with Gasteiger partial charge in [0, 0.05) is 11.1 Å². The van der Waals surface area contributed by atoms with Crippen LogP contribution in [0.4, 0.5) is 0 Å². The van der Waals surface area contributed by atoms with Crippen LogP contribution in [0.3, 0.4) is 0 Å². The first-order valence-corrected chi connectivity index (χ1v) is 14.3. The van der Waals surface area contributed by atoms with Crippen molar-refractivity contribution in [3.8, 4) is 33.8 Å². The molecule has 43 heavy (non-hydrogen) atoms. The van der Waals surface area contributed by atoms with Gasteiger partial charge in [0.1, 0.15) is 11.5 Å². The zero-order chi connectivity index (χ0) is 29.4. The number of benzene rings is 5. The van der Waals surface area contributed by atoms with Gasteiger partial charge in [-0.1, -0.05) is 109 Å². The summed E-state index contributed by atoms with van der Waals surface area (Å²) in [5, 5.41) is 10.3. The molecule has 1 N–H and O–H groups in total. The van der Waals surface area contributed by atoms with Crippen LogP contribution in [0.1, 0.15) is 21.5 Å². The Morgan fingerprint density at radius 3 is 1.60 bits per heavy atom. The maximum atomic E-state index is 12.5. The molecule has 0 aromatic heterocycles. The van der Waals surface area contributed by atoms with E-state index in [0.29, 0.717) is 35.8 Å². The van der Waals surface area contributed by atoms with Gasteiger partial charge in [-0.25, -0.2) is 4.79 Å². The second kappa shape index (κ2) is 13.4. The van der Waals surface area contributed by atoms with Crippen LogP contribution in [0.2, 0.25) is 0 Å². The second-order valence-corrected chi connectivity index (χ2v) is 10.3. The lowest BCUT2D eigenvalue weighted by Gasteiger charge is -2.33. The van der Waals surface area contributed by atoms with Crippen molar-refractivity contribution < 1.29 is 28.8 Å². The smallest absolute Gasteiger partial charge is 0.336 e. The molecule has 0 bridgehead atoms. The number of fused-ring (bicyclic) bond motifs is 3. The summed E-state index contributed by atoms with van der Waals surface area (Å²) in [5.41, 5.74) is 5.15. The number of carbonyl (C=O) groups is 1. The van der Waals surface area contributed by atoms with Crippen LogP contribution >= 0.6 is 0 Å². The summed E-state index contributed by atoms with van der Waals surface area (Å²) >= 11 is 0. The fourth-order valence-electron chi connectivity index (χ4n) is 5.31. The Kier molecular flexibility index (Phi) is 8.78. The van der Waals surface area contributed by atoms with E-state index in [9.17, 15) is 9.90 Å². The van der Waals surface area contributed by atoms with Crippen molar-refractivity contribution in [2.24, 2.45) is 0 Å². The van der Waals surface area contributed by atoms with Gasteiger partial charge in [-0.15, -0.1) is 0 Å². The van der Waals surface area contributed by atoms with E-state index in [-0.39, 0.29) is 18.8 Å². The molecule has 5 aromatic carbocycles. The molecule has 6 rings (SSSR count). The molecule has 0 fully saturated rings. The molecule has 216 valence electrons. The molecule has 6 nitrogen and oxygen atoms in total. The van der Waals surface area contributed by atoms with Crippen LogP contribution in [0, 0.1) is 0 Å². The Morgan fingerprint density at radius 2 is 1.07 bits per heavy atom. The van der Waals surface area contributed by atoms with E-state index >= 15 is 0 Å². The van der Waals surface area contributed by atoms with Crippen LogP contribution in [0.5, 0.6) is 11.5 Å². The van der Waals surface area contributed by atoms with Crippen molar-refractivity contribution in [1.29, 1.82) is 0 Å². The summed E-state index contributed by atoms with van der Waals surface area (Å²) < 4.78 is 25.7. The number of ether oxygens (including phenoxy) is 4. The van der Waals surface area contributed by atoms with Crippen molar-refractivity contribution >= 4 is 5.97 Å². The molecule has 0 saturated heterocycles. The van der Waals surface area contributed by atoms with Gasteiger partial charge in [-0.05, 0) is 40.5 Å². The highest BCUT2D eigenvalue weighted by molar-refractivity contribution is 6.02. The minimum atomic E-state index is -1.05. The molecule has 2 atom stereocenters. The molecule has 0 unspecified atom stereocenters. The number of hydrogen-bond acceptors (Lipinski definition) is 5. The average Bonchev–Trinajstić information content (AvgIpc) is 3.04. The summed E-state index contributed by atoms with van der Waals surface area (Å²) in [6.07, 6.45) is -1.14. The quantitative estimate of drug-likeness (QED) is 0.185. The third-order valence-corrected chi connectivity index (χ3v) is 7.38. The van der Waals surface area contributed by atoms with E-state index < -0.39 is 18.2 Å². The lowest BCUT2D eigenvalue weighted by Crippen LogP contribution is -2.44. The largest absolute Gasteiger partial charge is 0.483 e. The Balaban J connectivity index is 1.40. The molecule has 0 aliphatic carbocycles. The molecule has 1 aliphatic heterocycles. The molecule has 1 heterocycles. The zero-order valence-electron chi connectivity index (χ0n) is 23.6. The molecule has 6 heteroatoms. The fourth-order valence-corrected chi connectivity index (χ4v) is 5.31. The van der Waals surface area contributed by atoms with Crippen molar-refractivity contribution in [2.45, 2.75) is 25.4 Å². The monoisotopic (exact) mass is 572 g/mol. The molecular weight excluding hydrogens is 540 g/mol. The maximum Gasteiger partial charge on any atom is 0.336 e. The first-order chi connectivity index (χ1) is 21.2. The lowest BCUT2D eigenvalue weighted by molar-refractivity contribution is -0.0552. The minimum absolute atomic E-state index is 0.133. The molecule has 0 radical (unpaired) electrons. The van der Waals surface area contributed by atoms with Crippen molar-refractivity contribution in [3.05, 3.63) is 144 Å². The van der Waals surface area contributed by atoms with E-state index in [0.717, 1.165) is 22.3 Å². The Morgan fingerprint density at radius 1 is 0.581 bits per heavy atom. The molecule has 1 aliphatic rings. The van der Waals surface area contributed by atoms with Gasteiger partial charge in [0.05, 0.1) is 32.0 Å². The van der Waals surface area contributed by atoms with E-state index in [1.54, 1.807) is 12.1 Å². The summed E-state index contributed by atoms with van der Waals surface area (Å²) in [6, 6.07) is 40.6. The summed E-state index contributed by atoms with van der Waals surface area (Å²) in [4.78, 5) is 12.5. The van der Waals surface area contributed by atoms with E-state index in [2.05, 4.69) is 0 Å².